The Kier molecular flexibility index (Phi) is 4.06. The van der Waals surface area contributed by atoms with Crippen molar-refractivity contribution < 1.29 is 17.9 Å². The number of carbonyl (C=O) groups excluding carboxylic acids is 1. The first-order valence-electron chi connectivity index (χ1n) is 2.99. The van der Waals surface area contributed by atoms with Crippen LogP contribution in [-0.4, -0.2) is 32.6 Å². The molecule has 6 heteroatoms. The van der Waals surface area contributed by atoms with Crippen LogP contribution in [0.3, 0.4) is 0 Å². The number of hydrogen-bond donors (Lipinski definition) is 1. The standard InChI is InChI=1S/C5H10NO4S/c1-5(10-4-7)11(8,9)3-2-6/h5H,2-3,6H2,1H3. The molecule has 11 heavy (non-hydrogen) atoms. The van der Waals surface area contributed by atoms with Crippen LogP contribution in [0.2, 0.25) is 0 Å². The lowest BCUT2D eigenvalue weighted by molar-refractivity contribution is 0.257. The minimum Gasteiger partial charge on any atom is -0.438 e. The maximum absolute atomic E-state index is 10.9. The molecule has 0 aromatic carbocycles. The maximum atomic E-state index is 10.9. The zero-order valence-corrected chi connectivity index (χ0v) is 6.93. The van der Waals surface area contributed by atoms with E-state index in [-0.39, 0.29) is 12.3 Å². The van der Waals surface area contributed by atoms with Gasteiger partial charge in [-0.3, -0.25) is 0 Å². The van der Waals surface area contributed by atoms with Crippen molar-refractivity contribution >= 4 is 16.3 Å². The second kappa shape index (κ2) is 4.30. The summed E-state index contributed by atoms with van der Waals surface area (Å²) in [4.78, 5) is 9.62. The first-order chi connectivity index (χ1) is 5.04. The first-order valence-corrected chi connectivity index (χ1v) is 4.70. The average Bonchev–Trinajstić information content (AvgIpc) is 1.88. The molecule has 0 rings (SSSR count). The van der Waals surface area contributed by atoms with Crippen LogP contribution in [0.5, 0.6) is 0 Å². The smallest absolute Gasteiger partial charge is 0.418 e. The summed E-state index contributed by atoms with van der Waals surface area (Å²) in [5, 5.41) is 0. The van der Waals surface area contributed by atoms with Gasteiger partial charge in [-0.25, -0.2) is 13.2 Å². The van der Waals surface area contributed by atoms with Gasteiger partial charge in [0.1, 0.15) is 0 Å². The van der Waals surface area contributed by atoms with Crippen LogP contribution >= 0.6 is 0 Å². The van der Waals surface area contributed by atoms with E-state index in [2.05, 4.69) is 4.74 Å². The summed E-state index contributed by atoms with van der Waals surface area (Å²) in [6.07, 6.45) is 0. The van der Waals surface area contributed by atoms with Crippen molar-refractivity contribution in [3.05, 3.63) is 0 Å². The van der Waals surface area contributed by atoms with Crippen LogP contribution in [0.25, 0.3) is 0 Å². The third kappa shape index (κ3) is 3.33. The lowest BCUT2D eigenvalue weighted by Crippen LogP contribution is -2.27. The molecule has 0 aliphatic carbocycles. The molecule has 0 spiro atoms. The van der Waals surface area contributed by atoms with Gasteiger partial charge in [0, 0.05) is 6.54 Å². The monoisotopic (exact) mass is 180 g/mol. The molecule has 0 aliphatic heterocycles. The molecule has 0 fully saturated rings. The third-order valence-corrected chi connectivity index (χ3v) is 3.03. The van der Waals surface area contributed by atoms with Gasteiger partial charge in [0.25, 0.3) is 0 Å². The Hall–Kier alpha value is -0.620. The van der Waals surface area contributed by atoms with E-state index in [1.165, 1.54) is 6.92 Å². The van der Waals surface area contributed by atoms with Crippen molar-refractivity contribution in [2.45, 2.75) is 12.4 Å². The van der Waals surface area contributed by atoms with E-state index < -0.39 is 15.3 Å². The van der Waals surface area contributed by atoms with E-state index in [0.29, 0.717) is 0 Å². The lowest BCUT2D eigenvalue weighted by Gasteiger charge is -2.08. The molecule has 0 amide bonds. The summed E-state index contributed by atoms with van der Waals surface area (Å²) >= 11 is 0. The topological polar surface area (TPSA) is 86.5 Å². The molecule has 65 valence electrons. The van der Waals surface area contributed by atoms with Gasteiger partial charge in [-0.2, -0.15) is 0 Å². The van der Waals surface area contributed by atoms with E-state index >= 15 is 0 Å². The van der Waals surface area contributed by atoms with Crippen LogP contribution < -0.4 is 5.73 Å². The van der Waals surface area contributed by atoms with Crippen LogP contribution in [0, 0.1) is 0 Å². The highest BCUT2D eigenvalue weighted by Crippen LogP contribution is 2.00. The maximum Gasteiger partial charge on any atom is 0.418 e. The largest absolute Gasteiger partial charge is 0.438 e. The van der Waals surface area contributed by atoms with E-state index in [0.717, 1.165) is 6.47 Å². The molecule has 1 unspecified atom stereocenters. The van der Waals surface area contributed by atoms with Gasteiger partial charge in [0.05, 0.1) is 5.75 Å². The number of hydrogen-bond acceptors (Lipinski definition) is 5. The molecular formula is C5H10NO4S. The Morgan fingerprint density at radius 2 is 2.18 bits per heavy atom. The zero-order valence-electron chi connectivity index (χ0n) is 6.11. The first kappa shape index (κ1) is 10.4. The summed E-state index contributed by atoms with van der Waals surface area (Å²) in [5.74, 6) is -0.185. The normalized spacial score (nSPS) is 14.0. The molecule has 0 aromatic rings. The van der Waals surface area contributed by atoms with Crippen LogP contribution in [0.1, 0.15) is 6.92 Å². The molecule has 0 aromatic heterocycles. The predicted octanol–water partition coefficient (Wildman–Crippen LogP) is -1.21. The van der Waals surface area contributed by atoms with E-state index in [1.54, 1.807) is 0 Å². The molecule has 0 saturated heterocycles. The molecule has 0 heterocycles. The fourth-order valence-electron chi connectivity index (χ4n) is 0.471. The molecular weight excluding hydrogens is 170 g/mol. The van der Waals surface area contributed by atoms with Crippen molar-refractivity contribution in [2.24, 2.45) is 5.73 Å². The Bertz CT molecular complexity index is 211. The van der Waals surface area contributed by atoms with Crippen molar-refractivity contribution in [3.63, 3.8) is 0 Å². The van der Waals surface area contributed by atoms with Crippen molar-refractivity contribution in [1.29, 1.82) is 0 Å². The Labute approximate surface area is 65.4 Å². The molecule has 1 radical (unpaired) electrons. The quantitative estimate of drug-likeness (QED) is 0.573. The number of sulfone groups is 1. The number of ether oxygens (including phenoxy) is 1. The molecule has 5 nitrogen and oxygen atoms in total. The second-order valence-corrected chi connectivity index (χ2v) is 4.32. The minimum absolute atomic E-state index is 0.0227. The number of nitrogens with two attached hydrogens (primary N) is 1. The van der Waals surface area contributed by atoms with Gasteiger partial charge in [0.15, 0.2) is 15.3 Å². The van der Waals surface area contributed by atoms with Gasteiger partial charge < -0.3 is 10.5 Å². The van der Waals surface area contributed by atoms with E-state index in [4.69, 9.17) is 5.73 Å². The van der Waals surface area contributed by atoms with Crippen LogP contribution in [-0.2, 0) is 19.4 Å². The summed E-state index contributed by atoms with van der Waals surface area (Å²) in [6.45, 7) is 2.34. The van der Waals surface area contributed by atoms with Gasteiger partial charge in [-0.15, -0.1) is 0 Å². The predicted molar refractivity (Wildman–Crippen MR) is 39.1 cm³/mol. The van der Waals surface area contributed by atoms with Crippen LogP contribution in [0.4, 0.5) is 0 Å². The fourth-order valence-corrected chi connectivity index (χ4v) is 1.32. The molecule has 0 bridgehead atoms. The summed E-state index contributed by atoms with van der Waals surface area (Å²) in [5.41, 5.74) is 3.87. The Morgan fingerprint density at radius 1 is 1.64 bits per heavy atom. The third-order valence-electron chi connectivity index (χ3n) is 1.12. The van der Waals surface area contributed by atoms with Crippen LogP contribution in [0.15, 0.2) is 0 Å². The Morgan fingerprint density at radius 3 is 2.55 bits per heavy atom. The van der Waals surface area contributed by atoms with Crippen molar-refractivity contribution in [3.8, 4) is 0 Å². The Balaban J connectivity index is 4.18. The average molecular weight is 180 g/mol. The summed E-state index contributed by atoms with van der Waals surface area (Å²) < 4.78 is 26.0. The van der Waals surface area contributed by atoms with Gasteiger partial charge in [-0.05, 0) is 6.92 Å². The van der Waals surface area contributed by atoms with Gasteiger partial charge >= 0.3 is 6.47 Å². The molecule has 0 saturated carbocycles. The molecule has 2 N–H and O–H groups in total. The van der Waals surface area contributed by atoms with Gasteiger partial charge in [-0.1, -0.05) is 0 Å². The highest BCUT2D eigenvalue weighted by atomic mass is 32.2. The van der Waals surface area contributed by atoms with E-state index in [9.17, 15) is 13.2 Å². The SMILES string of the molecule is CC(O[C]=O)S(=O)(=O)CCN. The number of rotatable bonds is 5. The molecule has 0 aliphatic rings. The fraction of sp³-hybridized carbons (Fsp3) is 0.800. The molecule has 1 atom stereocenters. The zero-order chi connectivity index (χ0) is 8.91. The summed E-state index contributed by atoms with van der Waals surface area (Å²) in [7, 11) is -3.38. The minimum atomic E-state index is -3.38. The lowest BCUT2D eigenvalue weighted by atomic mass is 10.8. The second-order valence-electron chi connectivity index (χ2n) is 1.92. The van der Waals surface area contributed by atoms with Crippen molar-refractivity contribution in [1.82, 2.24) is 0 Å². The highest BCUT2D eigenvalue weighted by molar-refractivity contribution is 7.91. The highest BCUT2D eigenvalue weighted by Gasteiger charge is 2.20. The van der Waals surface area contributed by atoms with Gasteiger partial charge in [0.2, 0.25) is 0 Å². The van der Waals surface area contributed by atoms with Crippen molar-refractivity contribution in [2.75, 3.05) is 12.3 Å². The summed E-state index contributed by atoms with van der Waals surface area (Å²) in [6, 6.07) is 0. The van der Waals surface area contributed by atoms with E-state index in [1.807, 2.05) is 0 Å².